The van der Waals surface area contributed by atoms with Crippen LogP contribution in [-0.2, 0) is 6.54 Å². The Hall–Kier alpha value is -1.68. The Morgan fingerprint density at radius 2 is 2.06 bits per heavy atom. The summed E-state index contributed by atoms with van der Waals surface area (Å²) in [5.41, 5.74) is 8.48. The summed E-state index contributed by atoms with van der Waals surface area (Å²) in [5, 5.41) is 9.07. The molecule has 0 aromatic carbocycles. The number of aromatic nitrogens is 1. The van der Waals surface area contributed by atoms with Crippen molar-refractivity contribution in [2.45, 2.75) is 20.4 Å². The minimum atomic E-state index is 0.0844. The molecule has 0 fully saturated rings. The van der Waals surface area contributed by atoms with Crippen molar-refractivity contribution in [1.82, 2.24) is 4.57 Å². The lowest BCUT2D eigenvalue weighted by Crippen LogP contribution is -2.06. The Morgan fingerprint density at radius 3 is 2.65 bits per heavy atom. The summed E-state index contributed by atoms with van der Waals surface area (Å²) < 4.78 is 7.26. The van der Waals surface area contributed by atoms with Crippen molar-refractivity contribution >= 4 is 5.69 Å². The van der Waals surface area contributed by atoms with Gasteiger partial charge in [0.1, 0.15) is 5.75 Å². The molecule has 0 aliphatic carbocycles. The standard InChI is InChI=1S/C13H20N2O2/c1-10-8-12(14)4-5-13(17-3)11(2)15(9-10)6-7-16/h4-5,8-9,16H,6-7,14H2,1-3H3. The molecule has 17 heavy (non-hydrogen) atoms. The Bertz CT molecular complexity index is 438. The predicted octanol–water partition coefficient (Wildman–Crippen LogP) is 1.81. The largest absolute Gasteiger partial charge is 0.495 e. The van der Waals surface area contributed by atoms with Crippen LogP contribution in [0.2, 0.25) is 0 Å². The van der Waals surface area contributed by atoms with E-state index in [-0.39, 0.29) is 6.61 Å². The van der Waals surface area contributed by atoms with Gasteiger partial charge in [-0.2, -0.15) is 0 Å². The molecule has 0 aliphatic heterocycles. The van der Waals surface area contributed by atoms with Crippen molar-refractivity contribution in [3.63, 3.8) is 0 Å². The van der Waals surface area contributed by atoms with Crippen LogP contribution in [0.15, 0.2) is 24.4 Å². The van der Waals surface area contributed by atoms with E-state index < -0.39 is 0 Å². The molecule has 0 spiro atoms. The summed E-state index contributed by atoms with van der Waals surface area (Å²) in [7, 11) is 1.62. The van der Waals surface area contributed by atoms with Gasteiger partial charge in [-0.15, -0.1) is 0 Å². The number of aliphatic hydroxyl groups excluding tert-OH is 1. The van der Waals surface area contributed by atoms with Crippen molar-refractivity contribution in [3.05, 3.63) is 35.7 Å². The number of hydrogen-bond donors (Lipinski definition) is 2. The maximum atomic E-state index is 9.07. The molecule has 0 saturated carbocycles. The number of hydrogen-bond acceptors (Lipinski definition) is 3. The molecule has 0 radical (unpaired) electrons. The molecule has 0 aliphatic rings. The summed E-state index contributed by atoms with van der Waals surface area (Å²) >= 11 is 0. The molecule has 0 atom stereocenters. The zero-order valence-electron chi connectivity index (χ0n) is 10.6. The van der Waals surface area contributed by atoms with Crippen LogP contribution in [0.5, 0.6) is 5.75 Å². The zero-order chi connectivity index (χ0) is 12.8. The average Bonchev–Trinajstić information content (AvgIpc) is 2.32. The van der Waals surface area contributed by atoms with Crippen LogP contribution >= 0.6 is 0 Å². The van der Waals surface area contributed by atoms with E-state index in [4.69, 9.17) is 15.6 Å². The van der Waals surface area contributed by atoms with Crippen LogP contribution in [0.4, 0.5) is 5.69 Å². The number of nitrogen functional groups attached to an aromatic ring is 1. The van der Waals surface area contributed by atoms with Crippen LogP contribution in [0, 0.1) is 13.8 Å². The van der Waals surface area contributed by atoms with Crippen molar-refractivity contribution in [2.75, 3.05) is 19.5 Å². The minimum Gasteiger partial charge on any atom is -0.495 e. The number of aryl methyl sites for hydroxylation is 1. The van der Waals surface area contributed by atoms with Crippen LogP contribution < -0.4 is 10.5 Å². The number of ether oxygens (including phenoxy) is 1. The molecule has 3 N–H and O–H groups in total. The Kier molecular flexibility index (Phi) is 4.84. The summed E-state index contributed by atoms with van der Waals surface area (Å²) in [6, 6.07) is 5.52. The third-order valence-electron chi connectivity index (χ3n) is 2.53. The fourth-order valence-corrected chi connectivity index (χ4v) is 1.68. The Morgan fingerprint density at radius 1 is 1.35 bits per heavy atom. The lowest BCUT2D eigenvalue weighted by molar-refractivity contribution is 0.273. The molecule has 0 unspecified atom stereocenters. The van der Waals surface area contributed by atoms with Crippen molar-refractivity contribution in [1.29, 1.82) is 0 Å². The van der Waals surface area contributed by atoms with Crippen LogP contribution in [0.3, 0.4) is 0 Å². The Balaban J connectivity index is 3.54. The third kappa shape index (κ3) is 3.67. The van der Waals surface area contributed by atoms with Gasteiger partial charge in [0.2, 0.25) is 0 Å². The van der Waals surface area contributed by atoms with Gasteiger partial charge in [0.25, 0.3) is 0 Å². The highest BCUT2D eigenvalue weighted by atomic mass is 16.5. The van der Waals surface area contributed by atoms with Gasteiger partial charge >= 0.3 is 0 Å². The quantitative estimate of drug-likeness (QED) is 0.841. The highest BCUT2D eigenvalue weighted by Crippen LogP contribution is 2.16. The fourth-order valence-electron chi connectivity index (χ4n) is 1.68. The molecule has 0 saturated heterocycles. The first-order valence-electron chi connectivity index (χ1n) is 5.54. The molecule has 1 aromatic heterocycles. The number of aliphatic hydroxyl groups is 1. The maximum Gasteiger partial charge on any atom is 0.138 e. The number of anilines is 1. The van der Waals surface area contributed by atoms with Gasteiger partial charge in [0, 0.05) is 18.4 Å². The lowest BCUT2D eigenvalue weighted by atomic mass is 10.3. The van der Waals surface area contributed by atoms with Gasteiger partial charge in [0.05, 0.1) is 19.4 Å². The normalized spacial score (nSPS) is 9.88. The van der Waals surface area contributed by atoms with E-state index in [1.54, 1.807) is 7.11 Å². The smallest absolute Gasteiger partial charge is 0.138 e. The molecule has 1 aromatic rings. The molecule has 4 heteroatoms. The van der Waals surface area contributed by atoms with E-state index in [9.17, 15) is 0 Å². The van der Waals surface area contributed by atoms with Gasteiger partial charge in [0.15, 0.2) is 0 Å². The molecular weight excluding hydrogens is 216 g/mol. The average molecular weight is 236 g/mol. The van der Waals surface area contributed by atoms with Gasteiger partial charge in [-0.1, -0.05) is 0 Å². The topological polar surface area (TPSA) is 60.4 Å². The summed E-state index contributed by atoms with van der Waals surface area (Å²) in [6.07, 6.45) is 1.95. The minimum absolute atomic E-state index is 0.0844. The van der Waals surface area contributed by atoms with Gasteiger partial charge in [-0.25, -0.2) is 0 Å². The van der Waals surface area contributed by atoms with Gasteiger partial charge < -0.3 is 20.1 Å². The van der Waals surface area contributed by atoms with E-state index in [1.807, 2.05) is 42.8 Å². The third-order valence-corrected chi connectivity index (χ3v) is 2.53. The fraction of sp³-hybridized carbons (Fsp3) is 0.385. The summed E-state index contributed by atoms with van der Waals surface area (Å²) in [4.78, 5) is 0. The first-order valence-corrected chi connectivity index (χ1v) is 5.54. The SMILES string of the molecule is COc1ccc(N)cc(C)cn(CCO)c1C. The molecule has 94 valence electrons. The summed E-state index contributed by atoms with van der Waals surface area (Å²) in [6.45, 7) is 4.53. The van der Waals surface area contributed by atoms with Crippen molar-refractivity contribution in [2.24, 2.45) is 0 Å². The first-order chi connectivity index (χ1) is 8.08. The molecular formula is C13H20N2O2. The van der Waals surface area contributed by atoms with E-state index in [0.29, 0.717) is 12.2 Å². The van der Waals surface area contributed by atoms with E-state index in [1.165, 1.54) is 0 Å². The molecule has 4 nitrogen and oxygen atoms in total. The summed E-state index contributed by atoms with van der Waals surface area (Å²) in [5.74, 6) is 0.737. The molecule has 0 amide bonds. The predicted molar refractivity (Wildman–Crippen MR) is 69.6 cm³/mol. The molecule has 1 heterocycles. The second-order valence-corrected chi connectivity index (χ2v) is 3.92. The van der Waals surface area contributed by atoms with Crippen LogP contribution in [0.25, 0.3) is 0 Å². The lowest BCUT2D eigenvalue weighted by Gasteiger charge is -2.10. The monoisotopic (exact) mass is 236 g/mol. The van der Waals surface area contributed by atoms with Crippen molar-refractivity contribution < 1.29 is 9.84 Å². The number of nitrogens with two attached hydrogens (primary N) is 1. The molecule has 0 bridgehead atoms. The van der Waals surface area contributed by atoms with E-state index in [2.05, 4.69) is 0 Å². The van der Waals surface area contributed by atoms with Gasteiger partial charge in [-0.3, -0.25) is 0 Å². The Labute approximate surface area is 102 Å². The first kappa shape index (κ1) is 13.4. The highest BCUT2D eigenvalue weighted by molar-refractivity contribution is 5.40. The van der Waals surface area contributed by atoms with E-state index >= 15 is 0 Å². The number of rotatable bonds is 3. The van der Waals surface area contributed by atoms with E-state index in [0.717, 1.165) is 17.0 Å². The number of methoxy groups -OCH3 is 1. The second-order valence-electron chi connectivity index (χ2n) is 3.92. The number of nitrogens with zero attached hydrogens (tertiary/aromatic N) is 1. The van der Waals surface area contributed by atoms with Gasteiger partial charge in [-0.05, 0) is 37.6 Å². The van der Waals surface area contributed by atoms with Crippen LogP contribution in [-0.4, -0.2) is 23.4 Å². The highest BCUT2D eigenvalue weighted by Gasteiger charge is 1.99. The molecule has 1 rings (SSSR count). The van der Waals surface area contributed by atoms with Crippen LogP contribution in [0.1, 0.15) is 11.3 Å². The zero-order valence-corrected chi connectivity index (χ0v) is 10.6. The maximum absolute atomic E-state index is 9.07. The second kappa shape index (κ2) is 6.15. The van der Waals surface area contributed by atoms with Crippen molar-refractivity contribution in [3.8, 4) is 5.75 Å².